The Morgan fingerprint density at radius 1 is 1.33 bits per heavy atom. The lowest BCUT2D eigenvalue weighted by Gasteiger charge is -2.24. The van der Waals surface area contributed by atoms with Gasteiger partial charge in [0.25, 0.3) is 0 Å². The van der Waals surface area contributed by atoms with E-state index in [1.54, 1.807) is 27.1 Å². The highest BCUT2D eigenvalue weighted by Crippen LogP contribution is 2.13. The Morgan fingerprint density at radius 3 is 2.48 bits per heavy atom. The minimum Gasteiger partial charge on any atom is -0.377 e. The largest absolute Gasteiger partial charge is 0.377 e. The monoisotopic (exact) mass is 295 g/mol. The minimum atomic E-state index is -0.403. The fraction of sp³-hybridized carbons (Fsp3) is 0.643. The minimum absolute atomic E-state index is 0.0830. The molecule has 0 fully saturated rings. The van der Waals surface area contributed by atoms with Crippen LogP contribution in [-0.4, -0.2) is 41.6 Å². The van der Waals surface area contributed by atoms with Gasteiger partial charge in [0.1, 0.15) is 24.3 Å². The number of carbonyl (C=O) groups is 1. The molecule has 118 valence electrons. The molecule has 1 atom stereocenters. The van der Waals surface area contributed by atoms with Gasteiger partial charge < -0.3 is 20.7 Å². The van der Waals surface area contributed by atoms with Crippen LogP contribution in [0, 0.1) is 0 Å². The van der Waals surface area contributed by atoms with E-state index in [4.69, 9.17) is 4.74 Å². The maximum absolute atomic E-state index is 12.1. The Bertz CT molecular complexity index is 485. The molecule has 0 radical (unpaired) electrons. The molecule has 0 spiro atoms. The van der Waals surface area contributed by atoms with Gasteiger partial charge in [0.05, 0.1) is 0 Å². The lowest BCUT2D eigenvalue weighted by Crippen LogP contribution is -2.47. The second kappa shape index (κ2) is 7.21. The summed E-state index contributed by atoms with van der Waals surface area (Å²) in [5.74, 6) is 1.72. The third-order valence-electron chi connectivity index (χ3n) is 2.56. The Morgan fingerprint density at radius 2 is 1.95 bits per heavy atom. The molecular weight excluding hydrogens is 270 g/mol. The number of rotatable bonds is 6. The molecule has 1 unspecified atom stereocenters. The van der Waals surface area contributed by atoms with E-state index in [9.17, 15) is 4.79 Å². The maximum atomic E-state index is 12.1. The Kier molecular flexibility index (Phi) is 5.90. The Hall–Kier alpha value is -1.89. The molecule has 7 nitrogen and oxygen atoms in total. The predicted molar refractivity (Wildman–Crippen MR) is 83.3 cm³/mol. The van der Waals surface area contributed by atoms with Crippen LogP contribution in [0.1, 0.15) is 33.5 Å². The van der Waals surface area contributed by atoms with Crippen molar-refractivity contribution in [3.05, 3.63) is 11.9 Å². The standard InChI is InChI=1S/C14H25N5O2/c1-9(13(20)19-14(2,3)4)16-11-7-10(15-5)17-12(18-11)8-21-6/h7,9H,8H2,1-6H3,(H,19,20)(H2,15,16,17,18). The molecule has 0 aliphatic carbocycles. The third kappa shape index (κ3) is 5.95. The Balaban J connectivity index is 2.81. The van der Waals surface area contributed by atoms with Crippen molar-refractivity contribution >= 4 is 17.5 Å². The van der Waals surface area contributed by atoms with E-state index < -0.39 is 6.04 Å². The molecule has 1 amide bonds. The maximum Gasteiger partial charge on any atom is 0.242 e. The summed E-state index contributed by atoms with van der Waals surface area (Å²) in [4.78, 5) is 20.7. The van der Waals surface area contributed by atoms with E-state index in [-0.39, 0.29) is 11.4 Å². The van der Waals surface area contributed by atoms with Crippen LogP contribution in [0.5, 0.6) is 0 Å². The van der Waals surface area contributed by atoms with Gasteiger partial charge in [-0.3, -0.25) is 4.79 Å². The normalized spacial score (nSPS) is 12.7. The van der Waals surface area contributed by atoms with Crippen molar-refractivity contribution in [2.24, 2.45) is 0 Å². The van der Waals surface area contributed by atoms with Crippen LogP contribution in [0.3, 0.4) is 0 Å². The number of nitrogens with zero attached hydrogens (tertiary/aromatic N) is 2. The van der Waals surface area contributed by atoms with Crippen molar-refractivity contribution in [2.75, 3.05) is 24.8 Å². The van der Waals surface area contributed by atoms with Gasteiger partial charge in [-0.15, -0.1) is 0 Å². The number of carbonyl (C=O) groups excluding carboxylic acids is 1. The molecule has 21 heavy (non-hydrogen) atoms. The molecule has 1 aromatic rings. The highest BCUT2D eigenvalue weighted by atomic mass is 16.5. The van der Waals surface area contributed by atoms with Crippen molar-refractivity contribution in [3.8, 4) is 0 Å². The molecule has 7 heteroatoms. The van der Waals surface area contributed by atoms with Crippen molar-refractivity contribution in [2.45, 2.75) is 45.9 Å². The van der Waals surface area contributed by atoms with Crippen molar-refractivity contribution < 1.29 is 9.53 Å². The number of aromatic nitrogens is 2. The average Bonchev–Trinajstić information content (AvgIpc) is 2.36. The molecule has 0 bridgehead atoms. The summed E-state index contributed by atoms with van der Waals surface area (Å²) in [5, 5.41) is 8.96. The van der Waals surface area contributed by atoms with Gasteiger partial charge in [0.2, 0.25) is 5.91 Å². The summed E-state index contributed by atoms with van der Waals surface area (Å²) < 4.78 is 5.04. The van der Waals surface area contributed by atoms with Crippen molar-refractivity contribution in [1.82, 2.24) is 15.3 Å². The number of hydrogen-bond donors (Lipinski definition) is 3. The van der Waals surface area contributed by atoms with Crippen LogP contribution in [0.4, 0.5) is 11.6 Å². The lowest BCUT2D eigenvalue weighted by atomic mass is 10.1. The van der Waals surface area contributed by atoms with E-state index >= 15 is 0 Å². The summed E-state index contributed by atoms with van der Waals surface area (Å²) >= 11 is 0. The summed E-state index contributed by atoms with van der Waals surface area (Å²) in [6.45, 7) is 7.93. The topological polar surface area (TPSA) is 88.2 Å². The fourth-order valence-electron chi connectivity index (χ4n) is 1.66. The summed E-state index contributed by atoms with van der Waals surface area (Å²) in [5.41, 5.74) is -0.268. The molecule has 1 aromatic heterocycles. The van der Waals surface area contributed by atoms with E-state index in [1.165, 1.54) is 0 Å². The van der Waals surface area contributed by atoms with Crippen LogP contribution >= 0.6 is 0 Å². The molecule has 1 heterocycles. The first-order valence-corrected chi connectivity index (χ1v) is 6.88. The average molecular weight is 295 g/mol. The molecule has 0 aromatic carbocycles. The van der Waals surface area contributed by atoms with E-state index in [0.29, 0.717) is 24.1 Å². The van der Waals surface area contributed by atoms with Gasteiger partial charge in [0.15, 0.2) is 5.82 Å². The first kappa shape index (κ1) is 17.2. The van der Waals surface area contributed by atoms with Gasteiger partial charge in [-0.2, -0.15) is 0 Å². The number of amides is 1. The second-order valence-corrected chi connectivity index (χ2v) is 5.84. The molecular formula is C14H25N5O2. The molecule has 0 saturated heterocycles. The zero-order valence-electron chi connectivity index (χ0n) is 13.6. The molecule has 0 aliphatic rings. The highest BCUT2D eigenvalue weighted by Gasteiger charge is 2.19. The molecule has 1 rings (SSSR count). The number of anilines is 2. The SMILES string of the molecule is CNc1cc(NC(C)C(=O)NC(C)(C)C)nc(COC)n1. The van der Waals surface area contributed by atoms with Crippen LogP contribution < -0.4 is 16.0 Å². The van der Waals surface area contributed by atoms with Crippen LogP contribution in [0.15, 0.2) is 6.07 Å². The van der Waals surface area contributed by atoms with Crippen LogP contribution in [0.2, 0.25) is 0 Å². The van der Waals surface area contributed by atoms with Gasteiger partial charge in [-0.1, -0.05) is 0 Å². The summed E-state index contributed by atoms with van der Waals surface area (Å²) in [6, 6.07) is 1.35. The number of hydrogen-bond acceptors (Lipinski definition) is 6. The fourth-order valence-corrected chi connectivity index (χ4v) is 1.66. The first-order valence-electron chi connectivity index (χ1n) is 6.88. The number of nitrogens with one attached hydrogen (secondary N) is 3. The van der Waals surface area contributed by atoms with Crippen molar-refractivity contribution in [3.63, 3.8) is 0 Å². The van der Waals surface area contributed by atoms with Crippen molar-refractivity contribution in [1.29, 1.82) is 0 Å². The smallest absolute Gasteiger partial charge is 0.242 e. The highest BCUT2D eigenvalue weighted by molar-refractivity contribution is 5.84. The molecule has 3 N–H and O–H groups in total. The number of methoxy groups -OCH3 is 1. The quantitative estimate of drug-likeness (QED) is 0.735. The summed E-state index contributed by atoms with van der Waals surface area (Å²) in [6.07, 6.45) is 0. The van der Waals surface area contributed by atoms with Crippen LogP contribution in [-0.2, 0) is 16.1 Å². The third-order valence-corrected chi connectivity index (χ3v) is 2.56. The zero-order valence-corrected chi connectivity index (χ0v) is 13.6. The molecule has 0 aliphatic heterocycles. The zero-order chi connectivity index (χ0) is 16.0. The number of ether oxygens (including phenoxy) is 1. The van der Waals surface area contributed by atoms with Gasteiger partial charge >= 0.3 is 0 Å². The van der Waals surface area contributed by atoms with E-state index in [0.717, 1.165) is 0 Å². The lowest BCUT2D eigenvalue weighted by molar-refractivity contribution is -0.122. The van der Waals surface area contributed by atoms with E-state index in [1.807, 2.05) is 20.8 Å². The molecule has 0 saturated carbocycles. The first-order chi connectivity index (χ1) is 9.75. The van der Waals surface area contributed by atoms with Gasteiger partial charge in [-0.25, -0.2) is 9.97 Å². The van der Waals surface area contributed by atoms with Gasteiger partial charge in [-0.05, 0) is 27.7 Å². The summed E-state index contributed by atoms with van der Waals surface area (Å²) in [7, 11) is 3.36. The Labute approximate surface area is 125 Å². The van der Waals surface area contributed by atoms with Gasteiger partial charge in [0, 0.05) is 25.8 Å². The predicted octanol–water partition coefficient (Wildman–Crippen LogP) is 1.38. The van der Waals surface area contributed by atoms with Crippen LogP contribution in [0.25, 0.3) is 0 Å². The second-order valence-electron chi connectivity index (χ2n) is 5.84. The van der Waals surface area contributed by atoms with E-state index in [2.05, 4.69) is 25.9 Å².